The topological polar surface area (TPSA) is 237 Å². The van der Waals surface area contributed by atoms with Gasteiger partial charge in [0.15, 0.2) is 12.2 Å². The molecular formula is C76H148O17P2. The molecule has 5 atom stereocenters. The summed E-state index contributed by atoms with van der Waals surface area (Å²) in [7, 11) is -9.91. The Morgan fingerprint density at radius 3 is 0.716 bits per heavy atom. The SMILES string of the molecule is CCCCCCCCCCCCCCCC(=O)O[C@H](COC(=O)CCCCCCCCCCC)COP(=O)(O)OC[C@H](O)COP(=O)(O)OC[C@@H](COC(=O)CCCCCCCCCCCCCCC(C)C)OC(=O)CCCCCCCCCCCCCCCCCC(C)C. The lowest BCUT2D eigenvalue weighted by Crippen LogP contribution is -2.30. The molecule has 0 bridgehead atoms. The van der Waals surface area contributed by atoms with Crippen LogP contribution in [0.15, 0.2) is 0 Å². The zero-order valence-electron chi connectivity index (χ0n) is 62.0. The minimum atomic E-state index is -4.96. The molecule has 0 saturated carbocycles. The van der Waals surface area contributed by atoms with Crippen molar-refractivity contribution in [2.75, 3.05) is 39.6 Å². The highest BCUT2D eigenvalue weighted by molar-refractivity contribution is 7.47. The molecule has 17 nitrogen and oxygen atoms in total. The van der Waals surface area contributed by atoms with Gasteiger partial charge in [-0.05, 0) is 37.5 Å². The maximum absolute atomic E-state index is 13.1. The number of hydrogen-bond donors (Lipinski definition) is 3. The summed E-state index contributed by atoms with van der Waals surface area (Å²) < 4.78 is 68.5. The first-order valence-electron chi connectivity index (χ1n) is 39.5. The molecule has 0 aliphatic rings. The number of carbonyl (C=O) groups is 4. The molecule has 0 aliphatic heterocycles. The summed E-state index contributed by atoms with van der Waals surface area (Å²) in [5.74, 6) is -0.530. The molecule has 95 heavy (non-hydrogen) atoms. The zero-order valence-corrected chi connectivity index (χ0v) is 63.8. The monoisotopic (exact) mass is 1400 g/mol. The van der Waals surface area contributed by atoms with Crippen molar-refractivity contribution in [1.29, 1.82) is 0 Å². The molecule has 0 aliphatic carbocycles. The summed E-state index contributed by atoms with van der Waals surface area (Å²) in [6.07, 6.45) is 55.4. The Kier molecular flexibility index (Phi) is 66.5. The van der Waals surface area contributed by atoms with Crippen LogP contribution in [0.1, 0.15) is 395 Å². The second kappa shape index (κ2) is 67.9. The van der Waals surface area contributed by atoms with E-state index in [4.69, 9.17) is 37.0 Å². The fourth-order valence-electron chi connectivity index (χ4n) is 11.7. The molecule has 0 rings (SSSR count). The van der Waals surface area contributed by atoms with Crippen LogP contribution in [0, 0.1) is 11.8 Å². The summed E-state index contributed by atoms with van der Waals surface area (Å²) >= 11 is 0. The first-order chi connectivity index (χ1) is 45.9. The Labute approximate surface area is 581 Å². The fraction of sp³-hybridized carbons (Fsp3) is 0.947. The lowest BCUT2D eigenvalue weighted by Gasteiger charge is -2.21. The Morgan fingerprint density at radius 1 is 0.284 bits per heavy atom. The second-order valence-electron chi connectivity index (χ2n) is 28.3. The summed E-state index contributed by atoms with van der Waals surface area (Å²) in [6.45, 7) is 9.63. The molecule has 0 aromatic heterocycles. The van der Waals surface area contributed by atoms with Gasteiger partial charge in [0.25, 0.3) is 0 Å². The van der Waals surface area contributed by atoms with Gasteiger partial charge < -0.3 is 33.8 Å². The molecule has 0 spiro atoms. The van der Waals surface area contributed by atoms with Gasteiger partial charge >= 0.3 is 39.5 Å². The lowest BCUT2D eigenvalue weighted by molar-refractivity contribution is -0.161. The standard InChI is InChI=1S/C76H148O17P2/c1-7-9-11-13-15-17-18-22-30-36-42-48-54-60-75(80)92-71(64-86-73(78)58-52-46-40-32-16-14-12-10-8-2)66-90-94(82,83)88-62-70(77)63-89-95(84,85)91-67-72(65-87-74(79)59-53-47-41-35-29-26-25-28-34-39-45-51-57-69(5)6)93-76(81)61-55-49-43-37-31-24-21-19-20-23-27-33-38-44-50-56-68(3)4/h68-72,77H,7-67H2,1-6H3,(H,82,83)(H,84,85)/t70-,71+,72+/m0/s1. The number of unbranched alkanes of at least 4 members (excludes halogenated alkanes) is 45. The van der Waals surface area contributed by atoms with Gasteiger partial charge in [-0.3, -0.25) is 37.3 Å². The van der Waals surface area contributed by atoms with Crippen LogP contribution in [0.3, 0.4) is 0 Å². The number of phosphoric ester groups is 2. The Hall–Kier alpha value is -1.94. The number of ether oxygens (including phenoxy) is 4. The van der Waals surface area contributed by atoms with Crippen molar-refractivity contribution in [3.05, 3.63) is 0 Å². The molecule has 0 aromatic rings. The molecule has 0 saturated heterocycles. The van der Waals surface area contributed by atoms with E-state index in [1.165, 1.54) is 212 Å². The minimum absolute atomic E-state index is 0.108. The maximum atomic E-state index is 13.1. The van der Waals surface area contributed by atoms with Crippen molar-refractivity contribution in [1.82, 2.24) is 0 Å². The van der Waals surface area contributed by atoms with Crippen molar-refractivity contribution in [3.8, 4) is 0 Å². The number of aliphatic hydroxyl groups is 1. The van der Waals surface area contributed by atoms with Crippen LogP contribution in [0.4, 0.5) is 0 Å². The first kappa shape index (κ1) is 93.1. The van der Waals surface area contributed by atoms with E-state index >= 15 is 0 Å². The average Bonchev–Trinajstić information content (AvgIpc) is 2.01. The van der Waals surface area contributed by atoms with Crippen LogP contribution in [-0.4, -0.2) is 96.7 Å². The van der Waals surface area contributed by atoms with E-state index in [0.717, 1.165) is 102 Å². The van der Waals surface area contributed by atoms with Crippen molar-refractivity contribution in [2.24, 2.45) is 11.8 Å². The summed E-state index contributed by atoms with van der Waals surface area (Å²) in [5.41, 5.74) is 0. The Balaban J connectivity index is 5.23. The van der Waals surface area contributed by atoms with Gasteiger partial charge in [-0.15, -0.1) is 0 Å². The molecule has 0 radical (unpaired) electrons. The van der Waals surface area contributed by atoms with E-state index in [-0.39, 0.29) is 25.7 Å². The molecule has 0 amide bonds. The molecule has 2 unspecified atom stereocenters. The van der Waals surface area contributed by atoms with Gasteiger partial charge in [0, 0.05) is 25.7 Å². The molecule has 19 heteroatoms. The number of rotatable bonds is 75. The first-order valence-corrected chi connectivity index (χ1v) is 42.5. The van der Waals surface area contributed by atoms with E-state index in [9.17, 15) is 43.2 Å². The van der Waals surface area contributed by atoms with E-state index < -0.39 is 97.5 Å². The average molecular weight is 1400 g/mol. The minimum Gasteiger partial charge on any atom is -0.462 e. The van der Waals surface area contributed by atoms with Crippen molar-refractivity contribution >= 4 is 39.5 Å². The van der Waals surface area contributed by atoms with E-state index in [1.807, 2.05) is 0 Å². The highest BCUT2D eigenvalue weighted by Crippen LogP contribution is 2.45. The third kappa shape index (κ3) is 70.3. The Bertz CT molecular complexity index is 1840. The molecular weight excluding hydrogens is 1250 g/mol. The summed E-state index contributed by atoms with van der Waals surface area (Å²) in [5, 5.41) is 10.6. The normalized spacial score (nSPS) is 14.0. The largest absolute Gasteiger partial charge is 0.472 e. The van der Waals surface area contributed by atoms with Crippen LogP contribution >= 0.6 is 15.6 Å². The number of phosphoric acid groups is 2. The molecule has 564 valence electrons. The van der Waals surface area contributed by atoms with Gasteiger partial charge in [-0.25, -0.2) is 9.13 Å². The quantitative estimate of drug-likeness (QED) is 0.0222. The van der Waals surface area contributed by atoms with E-state index in [2.05, 4.69) is 41.5 Å². The van der Waals surface area contributed by atoms with Crippen molar-refractivity contribution in [3.63, 3.8) is 0 Å². The molecule has 0 aromatic carbocycles. The number of esters is 4. The Morgan fingerprint density at radius 2 is 0.484 bits per heavy atom. The lowest BCUT2D eigenvalue weighted by atomic mass is 10.0. The van der Waals surface area contributed by atoms with Crippen molar-refractivity contribution in [2.45, 2.75) is 413 Å². The van der Waals surface area contributed by atoms with Gasteiger partial charge in [0.1, 0.15) is 19.3 Å². The van der Waals surface area contributed by atoms with Crippen molar-refractivity contribution < 1.29 is 80.2 Å². The summed E-state index contributed by atoms with van der Waals surface area (Å²) in [4.78, 5) is 72.8. The summed E-state index contributed by atoms with van der Waals surface area (Å²) in [6, 6.07) is 0. The van der Waals surface area contributed by atoms with Gasteiger partial charge in [-0.1, -0.05) is 343 Å². The third-order valence-electron chi connectivity index (χ3n) is 17.7. The van der Waals surface area contributed by atoms with Crippen LogP contribution < -0.4 is 0 Å². The predicted octanol–water partition coefficient (Wildman–Crippen LogP) is 22.3. The third-order valence-corrected chi connectivity index (χ3v) is 19.6. The number of hydrogen-bond acceptors (Lipinski definition) is 15. The van der Waals surface area contributed by atoms with Crippen LogP contribution in [0.5, 0.6) is 0 Å². The second-order valence-corrected chi connectivity index (χ2v) is 31.3. The van der Waals surface area contributed by atoms with Crippen LogP contribution in [0.25, 0.3) is 0 Å². The highest BCUT2D eigenvalue weighted by Gasteiger charge is 2.30. The van der Waals surface area contributed by atoms with Crippen LogP contribution in [-0.2, 0) is 65.4 Å². The fourth-order valence-corrected chi connectivity index (χ4v) is 13.2. The van der Waals surface area contributed by atoms with E-state index in [0.29, 0.717) is 25.7 Å². The van der Waals surface area contributed by atoms with Gasteiger partial charge in [-0.2, -0.15) is 0 Å². The van der Waals surface area contributed by atoms with Crippen LogP contribution in [0.2, 0.25) is 0 Å². The molecule has 0 heterocycles. The maximum Gasteiger partial charge on any atom is 0.472 e. The van der Waals surface area contributed by atoms with Gasteiger partial charge in [0.2, 0.25) is 0 Å². The smallest absolute Gasteiger partial charge is 0.462 e. The van der Waals surface area contributed by atoms with E-state index in [1.54, 1.807) is 0 Å². The van der Waals surface area contributed by atoms with Gasteiger partial charge in [0.05, 0.1) is 26.4 Å². The number of carbonyl (C=O) groups excluding carboxylic acids is 4. The highest BCUT2D eigenvalue weighted by atomic mass is 31.2. The predicted molar refractivity (Wildman–Crippen MR) is 386 cm³/mol. The molecule has 3 N–H and O–H groups in total. The molecule has 0 fully saturated rings. The number of aliphatic hydroxyl groups excluding tert-OH is 1. The zero-order chi connectivity index (χ0) is 70.0.